The third-order valence-corrected chi connectivity index (χ3v) is 4.24. The Bertz CT molecular complexity index is 817. The Kier molecular flexibility index (Phi) is 3.19. The maximum atomic E-state index is 13.4. The Labute approximate surface area is 136 Å². The molecule has 4 rings (SSSR count). The molecule has 3 heterocycles. The van der Waals surface area contributed by atoms with Crippen molar-refractivity contribution in [1.82, 2.24) is 9.88 Å². The first kappa shape index (κ1) is 14.6. The molecule has 1 unspecified atom stereocenters. The van der Waals surface area contributed by atoms with Crippen LogP contribution in [0.15, 0.2) is 30.3 Å². The molecular weight excluding hydrogens is 317 g/mol. The molecule has 1 aromatic carbocycles. The number of aromatic amines is 1. The smallest absolute Gasteiger partial charge is 0.335 e. The van der Waals surface area contributed by atoms with Crippen molar-refractivity contribution in [3.63, 3.8) is 0 Å². The number of aromatic nitrogens is 1. The number of nitrogens with one attached hydrogen (secondary N) is 1. The number of fused-ring (bicyclic) bond motifs is 1. The minimum absolute atomic E-state index is 0.188. The number of hydrogen-bond donors (Lipinski definition) is 2. The summed E-state index contributed by atoms with van der Waals surface area (Å²) in [6, 6.07) is 7.89. The van der Waals surface area contributed by atoms with Gasteiger partial charge in [-0.25, -0.2) is 9.18 Å². The molecule has 2 aliphatic heterocycles. The van der Waals surface area contributed by atoms with E-state index in [0.29, 0.717) is 24.5 Å². The van der Waals surface area contributed by atoms with E-state index in [9.17, 15) is 14.0 Å². The predicted octanol–water partition coefficient (Wildman–Crippen LogP) is 2.34. The van der Waals surface area contributed by atoms with E-state index in [0.717, 1.165) is 10.6 Å². The van der Waals surface area contributed by atoms with Gasteiger partial charge in [0.05, 0.1) is 5.56 Å². The molecule has 7 nitrogen and oxygen atoms in total. The number of aromatic carboxylic acids is 1. The summed E-state index contributed by atoms with van der Waals surface area (Å²) in [7, 11) is 0. The summed E-state index contributed by atoms with van der Waals surface area (Å²) in [5.74, 6) is -0.287. The molecule has 8 heteroatoms. The third-order valence-electron chi connectivity index (χ3n) is 4.24. The van der Waals surface area contributed by atoms with Crippen LogP contribution in [0.1, 0.15) is 27.3 Å². The molecule has 24 heavy (non-hydrogen) atoms. The van der Waals surface area contributed by atoms with Crippen LogP contribution in [0.3, 0.4) is 0 Å². The van der Waals surface area contributed by atoms with Crippen molar-refractivity contribution in [1.29, 1.82) is 0 Å². The first-order valence-corrected chi connectivity index (χ1v) is 7.46. The number of nitrogens with zero attached hydrogens (tertiary/aromatic N) is 2. The molecule has 0 saturated carbocycles. The van der Waals surface area contributed by atoms with Crippen LogP contribution in [0.5, 0.6) is 5.75 Å². The van der Waals surface area contributed by atoms with Crippen LogP contribution in [-0.4, -0.2) is 46.4 Å². The zero-order chi connectivity index (χ0) is 16.8. The molecule has 0 aliphatic carbocycles. The number of halogens is 1. The topological polar surface area (TPSA) is 85.9 Å². The summed E-state index contributed by atoms with van der Waals surface area (Å²) in [5, 5.41) is 8.95. The lowest BCUT2D eigenvalue weighted by Crippen LogP contribution is -2.48. The highest BCUT2D eigenvalue weighted by Gasteiger charge is 2.35. The van der Waals surface area contributed by atoms with Crippen LogP contribution >= 0.6 is 0 Å². The second-order valence-electron chi connectivity index (χ2n) is 5.67. The molecule has 1 saturated heterocycles. The molecule has 1 atom stereocenters. The first-order valence-electron chi connectivity index (χ1n) is 7.46. The number of carbonyl (C=O) groups excluding carboxylic acids is 1. The second-order valence-corrected chi connectivity index (χ2v) is 5.67. The molecule has 0 bridgehead atoms. The Morgan fingerprint density at radius 1 is 1.29 bits per heavy atom. The fourth-order valence-electron chi connectivity index (χ4n) is 2.78. The van der Waals surface area contributed by atoms with E-state index in [4.69, 9.17) is 9.84 Å². The van der Waals surface area contributed by atoms with Crippen molar-refractivity contribution >= 4 is 23.4 Å². The maximum Gasteiger partial charge on any atom is 0.335 e. The van der Waals surface area contributed by atoms with Gasteiger partial charge < -0.3 is 19.7 Å². The number of ether oxygens (including phenoxy) is 1. The summed E-state index contributed by atoms with van der Waals surface area (Å²) in [6.07, 6.45) is -0.860. The predicted molar refractivity (Wildman–Crippen MR) is 82.4 cm³/mol. The lowest BCUT2D eigenvalue weighted by molar-refractivity contribution is 0.000159. The average Bonchev–Trinajstić information content (AvgIpc) is 3.13. The number of rotatable bonds is 3. The normalized spacial score (nSPS) is 18.8. The Morgan fingerprint density at radius 2 is 2.04 bits per heavy atom. The molecule has 2 N–H and O–H groups in total. The standard InChI is InChI=1S/C16H14FN3O4/c17-13-5-6-19(13)15(21)11-7-12-14(18-11)20(8-24-12)10-3-1-9(2-4-10)16(22)23/h1-4,7,13,18H,5-6,8H2,(H,22,23). The van der Waals surface area contributed by atoms with Gasteiger partial charge in [0.2, 0.25) is 0 Å². The lowest BCUT2D eigenvalue weighted by atomic mass is 10.2. The number of benzene rings is 1. The molecule has 1 aromatic heterocycles. The minimum Gasteiger partial charge on any atom is -0.478 e. The van der Waals surface area contributed by atoms with E-state index in [1.54, 1.807) is 23.1 Å². The van der Waals surface area contributed by atoms with E-state index in [-0.39, 0.29) is 18.0 Å². The Hall–Kier alpha value is -3.03. The number of H-pyrrole nitrogens is 1. The van der Waals surface area contributed by atoms with Crippen molar-refractivity contribution in [3.05, 3.63) is 41.6 Å². The van der Waals surface area contributed by atoms with E-state index >= 15 is 0 Å². The van der Waals surface area contributed by atoms with Crippen LogP contribution < -0.4 is 9.64 Å². The van der Waals surface area contributed by atoms with E-state index in [1.165, 1.54) is 12.1 Å². The number of likely N-dealkylation sites (tertiary alicyclic amines) is 1. The van der Waals surface area contributed by atoms with Gasteiger partial charge in [-0.15, -0.1) is 0 Å². The molecule has 2 aromatic rings. The molecule has 1 fully saturated rings. The molecule has 2 aliphatic rings. The van der Waals surface area contributed by atoms with Crippen LogP contribution in [-0.2, 0) is 0 Å². The SMILES string of the molecule is O=C(O)c1ccc(N2COc3cc(C(=O)N4CCC4F)[nH]c32)cc1. The molecule has 0 spiro atoms. The van der Waals surface area contributed by atoms with Gasteiger partial charge in [0.25, 0.3) is 5.91 Å². The van der Waals surface area contributed by atoms with Crippen LogP contribution in [0.2, 0.25) is 0 Å². The number of hydrogen-bond acceptors (Lipinski definition) is 4. The highest BCUT2D eigenvalue weighted by molar-refractivity contribution is 5.95. The van der Waals surface area contributed by atoms with Crippen molar-refractivity contribution in [2.75, 3.05) is 18.2 Å². The Morgan fingerprint density at radius 3 is 2.62 bits per heavy atom. The van der Waals surface area contributed by atoms with Gasteiger partial charge in [-0.3, -0.25) is 9.69 Å². The zero-order valence-corrected chi connectivity index (χ0v) is 12.5. The number of alkyl halides is 1. The minimum atomic E-state index is -1.23. The van der Waals surface area contributed by atoms with Gasteiger partial charge in [0.1, 0.15) is 5.69 Å². The highest BCUT2D eigenvalue weighted by atomic mass is 19.1. The van der Waals surface area contributed by atoms with E-state index in [2.05, 4.69) is 4.98 Å². The summed E-state index contributed by atoms with van der Waals surface area (Å²) in [6.45, 7) is 0.655. The molecular formula is C16H14FN3O4. The monoisotopic (exact) mass is 331 g/mol. The molecule has 1 amide bonds. The second kappa shape index (κ2) is 5.26. The number of carbonyl (C=O) groups is 2. The van der Waals surface area contributed by atoms with Gasteiger partial charge in [-0.2, -0.15) is 0 Å². The van der Waals surface area contributed by atoms with Gasteiger partial charge >= 0.3 is 5.97 Å². The van der Waals surface area contributed by atoms with Crippen LogP contribution in [0.25, 0.3) is 0 Å². The highest BCUT2D eigenvalue weighted by Crippen LogP contribution is 2.39. The summed E-state index contributed by atoms with van der Waals surface area (Å²) in [5.41, 5.74) is 1.19. The average molecular weight is 331 g/mol. The summed E-state index contributed by atoms with van der Waals surface area (Å²) >= 11 is 0. The Balaban J connectivity index is 1.59. The van der Waals surface area contributed by atoms with E-state index in [1.807, 2.05) is 0 Å². The molecule has 124 valence electrons. The van der Waals surface area contributed by atoms with Crippen molar-refractivity contribution < 1.29 is 23.8 Å². The maximum absolute atomic E-state index is 13.4. The zero-order valence-electron chi connectivity index (χ0n) is 12.5. The van der Waals surface area contributed by atoms with Crippen molar-refractivity contribution in [3.8, 4) is 5.75 Å². The summed E-state index contributed by atoms with van der Waals surface area (Å²) < 4.78 is 18.9. The number of carboxylic acids is 1. The molecule has 0 radical (unpaired) electrons. The van der Waals surface area contributed by atoms with Gasteiger partial charge in [0, 0.05) is 24.7 Å². The quantitative estimate of drug-likeness (QED) is 0.843. The first-order chi connectivity index (χ1) is 11.5. The van der Waals surface area contributed by atoms with E-state index < -0.39 is 18.2 Å². The number of amides is 1. The summed E-state index contributed by atoms with van der Waals surface area (Å²) in [4.78, 5) is 29.1. The van der Waals surface area contributed by atoms with Crippen molar-refractivity contribution in [2.45, 2.75) is 12.7 Å². The van der Waals surface area contributed by atoms with Crippen LogP contribution in [0, 0.1) is 0 Å². The number of anilines is 2. The fraction of sp³-hybridized carbons (Fsp3) is 0.250. The van der Waals surface area contributed by atoms with Gasteiger partial charge in [-0.1, -0.05) is 0 Å². The number of carboxylic acid groups (broad SMARTS) is 1. The lowest BCUT2D eigenvalue weighted by Gasteiger charge is -2.34. The van der Waals surface area contributed by atoms with Crippen LogP contribution in [0.4, 0.5) is 15.9 Å². The van der Waals surface area contributed by atoms with Crippen molar-refractivity contribution in [2.24, 2.45) is 0 Å². The fourth-order valence-corrected chi connectivity index (χ4v) is 2.78. The van der Waals surface area contributed by atoms with Gasteiger partial charge in [-0.05, 0) is 24.3 Å². The third kappa shape index (κ3) is 2.18. The largest absolute Gasteiger partial charge is 0.478 e. The van der Waals surface area contributed by atoms with Gasteiger partial charge in [0.15, 0.2) is 24.6 Å².